The molecule has 0 saturated carbocycles. The van der Waals surface area contributed by atoms with Crippen LogP contribution in [0.15, 0.2) is 18.6 Å². The van der Waals surface area contributed by atoms with Gasteiger partial charge in [-0.3, -0.25) is 0 Å². The van der Waals surface area contributed by atoms with E-state index in [9.17, 15) is 0 Å². The van der Waals surface area contributed by atoms with Crippen LogP contribution in [0.3, 0.4) is 0 Å². The molecule has 0 bridgehead atoms. The van der Waals surface area contributed by atoms with E-state index in [-0.39, 0.29) is 0 Å². The topological polar surface area (TPSA) is 41.6 Å². The molecular formula is C9H11N3S. The van der Waals surface area contributed by atoms with Crippen molar-refractivity contribution in [2.75, 3.05) is 0 Å². The van der Waals surface area contributed by atoms with Gasteiger partial charge < -0.3 is 4.98 Å². The Hall–Kier alpha value is -1.16. The zero-order chi connectivity index (χ0) is 9.26. The number of hydrogen-bond acceptors (Lipinski definition) is 3. The summed E-state index contributed by atoms with van der Waals surface area (Å²) in [6.07, 6.45) is 5.48. The summed E-state index contributed by atoms with van der Waals surface area (Å²) in [4.78, 5) is 12.8. The molecule has 4 heteroatoms. The first kappa shape index (κ1) is 8.44. The van der Waals surface area contributed by atoms with Gasteiger partial charge in [-0.05, 0) is 5.92 Å². The number of hydrogen-bond donors (Lipinski definition) is 1. The van der Waals surface area contributed by atoms with Gasteiger partial charge >= 0.3 is 0 Å². The Kier molecular flexibility index (Phi) is 2.14. The summed E-state index contributed by atoms with van der Waals surface area (Å²) in [5, 5.41) is 0.966. The molecule has 0 fully saturated rings. The molecule has 2 heterocycles. The average molecular weight is 193 g/mol. The quantitative estimate of drug-likeness (QED) is 0.796. The number of rotatable bonds is 2. The fourth-order valence-corrected chi connectivity index (χ4v) is 1.92. The van der Waals surface area contributed by atoms with E-state index in [1.165, 1.54) is 4.88 Å². The van der Waals surface area contributed by atoms with E-state index in [1.807, 2.05) is 12.4 Å². The number of imidazole rings is 1. The molecule has 13 heavy (non-hydrogen) atoms. The van der Waals surface area contributed by atoms with Crippen LogP contribution in [0.2, 0.25) is 0 Å². The lowest BCUT2D eigenvalue weighted by molar-refractivity contribution is 0.885. The number of nitrogens with one attached hydrogen (secondary N) is 1. The molecule has 0 unspecified atom stereocenters. The minimum atomic E-state index is 0.543. The van der Waals surface area contributed by atoms with E-state index in [0.717, 1.165) is 10.8 Å². The van der Waals surface area contributed by atoms with Gasteiger partial charge in [0.2, 0.25) is 0 Å². The third kappa shape index (κ3) is 1.62. The molecule has 0 aliphatic heterocycles. The van der Waals surface area contributed by atoms with Gasteiger partial charge in [0.25, 0.3) is 0 Å². The monoisotopic (exact) mass is 193 g/mol. The molecule has 68 valence electrons. The maximum atomic E-state index is 4.30. The van der Waals surface area contributed by atoms with Crippen LogP contribution in [0, 0.1) is 0 Å². The van der Waals surface area contributed by atoms with Gasteiger partial charge in [0.15, 0.2) is 10.8 Å². The fourth-order valence-electron chi connectivity index (χ4n) is 1.05. The Morgan fingerprint density at radius 3 is 2.77 bits per heavy atom. The number of nitrogens with zero attached hydrogens (tertiary/aromatic N) is 2. The minimum absolute atomic E-state index is 0.543. The van der Waals surface area contributed by atoms with E-state index in [1.54, 1.807) is 17.5 Å². The molecule has 0 radical (unpaired) electrons. The van der Waals surface area contributed by atoms with Crippen LogP contribution in [0.1, 0.15) is 24.6 Å². The van der Waals surface area contributed by atoms with Crippen molar-refractivity contribution < 1.29 is 0 Å². The van der Waals surface area contributed by atoms with Crippen molar-refractivity contribution in [2.24, 2.45) is 0 Å². The second kappa shape index (κ2) is 3.30. The van der Waals surface area contributed by atoms with Crippen LogP contribution in [0.25, 0.3) is 10.8 Å². The number of aromatic amines is 1. The number of H-pyrrole nitrogens is 1. The highest BCUT2D eigenvalue weighted by Gasteiger charge is 2.08. The van der Waals surface area contributed by atoms with Gasteiger partial charge in [-0.2, -0.15) is 0 Å². The lowest BCUT2D eigenvalue weighted by atomic mass is 10.2. The van der Waals surface area contributed by atoms with Crippen molar-refractivity contribution >= 4 is 11.3 Å². The molecule has 0 atom stereocenters. The molecule has 0 aromatic carbocycles. The molecule has 0 aliphatic carbocycles. The Bertz CT molecular complexity index is 375. The molecule has 0 saturated heterocycles. The molecule has 1 N–H and O–H groups in total. The molecule has 0 spiro atoms. The third-order valence-electron chi connectivity index (χ3n) is 1.79. The van der Waals surface area contributed by atoms with Gasteiger partial charge in [-0.25, -0.2) is 9.97 Å². The summed E-state index contributed by atoms with van der Waals surface area (Å²) < 4.78 is 0. The molecule has 3 nitrogen and oxygen atoms in total. The molecule has 0 aliphatic rings. The molecular weight excluding hydrogens is 182 g/mol. The van der Waals surface area contributed by atoms with Gasteiger partial charge in [-0.15, -0.1) is 11.3 Å². The van der Waals surface area contributed by atoms with Crippen molar-refractivity contribution in [1.29, 1.82) is 0 Å². The van der Waals surface area contributed by atoms with Crippen LogP contribution >= 0.6 is 11.3 Å². The zero-order valence-corrected chi connectivity index (χ0v) is 8.43. The van der Waals surface area contributed by atoms with Crippen molar-refractivity contribution in [3.63, 3.8) is 0 Å². The second-order valence-corrected chi connectivity index (χ2v) is 4.22. The van der Waals surface area contributed by atoms with Crippen LogP contribution in [-0.2, 0) is 0 Å². The van der Waals surface area contributed by atoms with Crippen molar-refractivity contribution in [3.05, 3.63) is 23.5 Å². The van der Waals surface area contributed by atoms with Crippen molar-refractivity contribution in [2.45, 2.75) is 19.8 Å². The predicted octanol–water partition coefficient (Wildman–Crippen LogP) is 2.66. The summed E-state index contributed by atoms with van der Waals surface area (Å²) in [5.41, 5.74) is 0. The standard InChI is InChI=1S/C9H11N3S/c1-6(2)7-5-12-9(13-7)8-10-3-4-11-8/h3-6H,1-2H3,(H,10,11). The van der Waals surface area contributed by atoms with Crippen LogP contribution < -0.4 is 0 Å². The van der Waals surface area contributed by atoms with E-state index < -0.39 is 0 Å². The first-order valence-corrected chi connectivity index (χ1v) is 5.04. The third-order valence-corrected chi connectivity index (χ3v) is 3.10. The summed E-state index contributed by atoms with van der Waals surface area (Å²) in [6, 6.07) is 0. The van der Waals surface area contributed by atoms with E-state index in [0.29, 0.717) is 5.92 Å². The van der Waals surface area contributed by atoms with Crippen LogP contribution in [-0.4, -0.2) is 15.0 Å². The first-order valence-electron chi connectivity index (χ1n) is 4.23. The highest BCUT2D eigenvalue weighted by atomic mass is 32.1. The average Bonchev–Trinajstić information content (AvgIpc) is 2.75. The SMILES string of the molecule is CC(C)c1cnc(-c2ncc[nH]2)s1. The molecule has 0 amide bonds. The maximum Gasteiger partial charge on any atom is 0.166 e. The van der Waals surface area contributed by atoms with Crippen LogP contribution in [0.5, 0.6) is 0 Å². The molecule has 2 aromatic heterocycles. The normalized spacial score (nSPS) is 11.0. The highest BCUT2D eigenvalue weighted by Crippen LogP contribution is 2.26. The Balaban J connectivity index is 2.33. The lowest BCUT2D eigenvalue weighted by Crippen LogP contribution is -1.77. The highest BCUT2D eigenvalue weighted by molar-refractivity contribution is 7.15. The molecule has 2 aromatic rings. The Morgan fingerprint density at radius 2 is 2.23 bits per heavy atom. The van der Waals surface area contributed by atoms with Gasteiger partial charge in [0.1, 0.15) is 0 Å². The van der Waals surface area contributed by atoms with E-state index in [2.05, 4.69) is 28.8 Å². The second-order valence-electron chi connectivity index (χ2n) is 3.16. The summed E-state index contributed by atoms with van der Waals surface area (Å²) in [5.74, 6) is 1.40. The molecule has 2 rings (SSSR count). The smallest absolute Gasteiger partial charge is 0.166 e. The van der Waals surface area contributed by atoms with Crippen molar-refractivity contribution in [3.8, 4) is 10.8 Å². The Labute approximate surface area is 80.9 Å². The first-order chi connectivity index (χ1) is 6.27. The maximum absolute atomic E-state index is 4.30. The van der Waals surface area contributed by atoms with E-state index >= 15 is 0 Å². The number of thiazole rings is 1. The van der Waals surface area contributed by atoms with Gasteiger partial charge in [0, 0.05) is 23.5 Å². The van der Waals surface area contributed by atoms with Crippen molar-refractivity contribution in [1.82, 2.24) is 15.0 Å². The minimum Gasteiger partial charge on any atom is -0.343 e. The predicted molar refractivity (Wildman–Crippen MR) is 53.8 cm³/mol. The summed E-state index contributed by atoms with van der Waals surface area (Å²) >= 11 is 1.69. The summed E-state index contributed by atoms with van der Waals surface area (Å²) in [6.45, 7) is 4.33. The van der Waals surface area contributed by atoms with Gasteiger partial charge in [-0.1, -0.05) is 13.8 Å². The number of aromatic nitrogens is 3. The van der Waals surface area contributed by atoms with E-state index in [4.69, 9.17) is 0 Å². The Morgan fingerprint density at radius 1 is 1.38 bits per heavy atom. The largest absolute Gasteiger partial charge is 0.343 e. The summed E-state index contributed by atoms with van der Waals surface area (Å²) in [7, 11) is 0. The zero-order valence-electron chi connectivity index (χ0n) is 7.61. The van der Waals surface area contributed by atoms with Crippen LogP contribution in [0.4, 0.5) is 0 Å². The fraction of sp³-hybridized carbons (Fsp3) is 0.333. The lowest BCUT2D eigenvalue weighted by Gasteiger charge is -1.95. The van der Waals surface area contributed by atoms with Gasteiger partial charge in [0.05, 0.1) is 0 Å².